The Morgan fingerprint density at radius 1 is 0.256 bits per heavy atom. The fourth-order valence-electron chi connectivity index (χ4n) is 14.0. The van der Waals surface area contributed by atoms with E-state index in [4.69, 9.17) is 13.9 Å². The molecule has 0 unspecified atom stereocenters. The van der Waals surface area contributed by atoms with Crippen LogP contribution in [0.15, 0.2) is 277 Å². The summed E-state index contributed by atoms with van der Waals surface area (Å²) in [6.07, 6.45) is 0. The lowest BCUT2D eigenvalue weighted by atomic mass is 9.66. The van der Waals surface area contributed by atoms with Crippen LogP contribution in [0.2, 0.25) is 0 Å². The van der Waals surface area contributed by atoms with Gasteiger partial charge >= 0.3 is 0 Å². The van der Waals surface area contributed by atoms with Crippen molar-refractivity contribution < 1.29 is 13.9 Å². The fourth-order valence-corrected chi connectivity index (χ4v) is 14.0. The second-order valence-electron chi connectivity index (χ2n) is 21.0. The zero-order valence-corrected chi connectivity index (χ0v) is 42.2. The third-order valence-electron chi connectivity index (χ3n) is 17.2. The molecule has 0 N–H and O–H groups in total. The van der Waals surface area contributed by atoms with E-state index in [2.05, 4.69) is 266 Å². The number of hydrogen-bond donors (Lipinski definition) is 0. The topological polar surface area (TPSA) is 34.8 Å². The van der Waals surface area contributed by atoms with Crippen molar-refractivity contribution in [3.05, 3.63) is 317 Å². The molecule has 4 aliphatic rings. The van der Waals surface area contributed by atoms with Crippen molar-refractivity contribution in [3.8, 4) is 67.5 Å². The van der Waals surface area contributed by atoms with Gasteiger partial charge in [-0.25, -0.2) is 0 Å². The fraction of sp³-hybridized carbons (Fsp3) is 0.0270. The largest absolute Gasteiger partial charge is 0.457 e. The zero-order chi connectivity index (χ0) is 51.1. The molecule has 0 fully saturated rings. The van der Waals surface area contributed by atoms with Gasteiger partial charge in [0.25, 0.3) is 0 Å². The quantitative estimate of drug-likeness (QED) is 0.172. The van der Waals surface area contributed by atoms with Gasteiger partial charge < -0.3 is 18.8 Å². The zero-order valence-electron chi connectivity index (χ0n) is 42.2. The first-order valence-corrected chi connectivity index (χ1v) is 26.8. The molecular formula is C74H45NO3. The lowest BCUT2D eigenvalue weighted by Crippen LogP contribution is -2.32. The molecule has 2 spiro atoms. The molecule has 0 bridgehead atoms. The number of furan rings is 1. The summed E-state index contributed by atoms with van der Waals surface area (Å²) >= 11 is 0. The van der Waals surface area contributed by atoms with Crippen LogP contribution in [-0.2, 0) is 10.8 Å². The van der Waals surface area contributed by atoms with E-state index < -0.39 is 10.8 Å². The lowest BCUT2D eigenvalue weighted by Gasteiger charge is -2.39. The minimum Gasteiger partial charge on any atom is -0.457 e. The molecule has 78 heavy (non-hydrogen) atoms. The Kier molecular flexibility index (Phi) is 8.94. The van der Waals surface area contributed by atoms with Crippen LogP contribution in [0.4, 0.5) is 17.1 Å². The van der Waals surface area contributed by atoms with Crippen molar-refractivity contribution in [2.45, 2.75) is 10.8 Å². The maximum Gasteiger partial charge on any atom is 0.143 e. The van der Waals surface area contributed by atoms with Gasteiger partial charge in [-0.3, -0.25) is 0 Å². The molecule has 0 atom stereocenters. The van der Waals surface area contributed by atoms with Crippen molar-refractivity contribution in [3.63, 3.8) is 0 Å². The van der Waals surface area contributed by atoms with Gasteiger partial charge in [-0.15, -0.1) is 0 Å². The molecule has 364 valence electrons. The minimum atomic E-state index is -0.617. The van der Waals surface area contributed by atoms with Crippen LogP contribution in [0.3, 0.4) is 0 Å². The Hall–Kier alpha value is -10.2. The number of benzene rings is 12. The SMILES string of the molecule is c1ccc2c(c1)Oc1ccccc1C21c2ccccc2-c2ccc(-c3ccc(N(c4ccc(-c5cccc6c5oc5ccccc56)cc4)c4ccc5c(c4)C4(c6ccccc6Oc6ccccc64)c4ccccc4-5)cc3)cc21. The van der Waals surface area contributed by atoms with E-state index in [0.29, 0.717) is 0 Å². The van der Waals surface area contributed by atoms with Crippen LogP contribution in [0.5, 0.6) is 23.0 Å². The van der Waals surface area contributed by atoms with E-state index in [1.54, 1.807) is 0 Å². The molecular weight excluding hydrogens is 951 g/mol. The first-order valence-electron chi connectivity index (χ1n) is 26.8. The molecule has 0 saturated heterocycles. The minimum absolute atomic E-state index is 0.553. The number of anilines is 3. The first-order chi connectivity index (χ1) is 38.7. The molecule has 0 radical (unpaired) electrons. The second-order valence-corrected chi connectivity index (χ2v) is 21.0. The van der Waals surface area contributed by atoms with Gasteiger partial charge in [0.1, 0.15) is 34.2 Å². The van der Waals surface area contributed by atoms with Gasteiger partial charge in [-0.05, 0) is 134 Å². The number of hydrogen-bond acceptors (Lipinski definition) is 4. The number of para-hydroxylation sites is 6. The van der Waals surface area contributed by atoms with Gasteiger partial charge in [0.05, 0.1) is 10.8 Å². The predicted octanol–water partition coefficient (Wildman–Crippen LogP) is 19.3. The molecule has 0 amide bonds. The smallest absolute Gasteiger partial charge is 0.143 e. The van der Waals surface area contributed by atoms with Crippen LogP contribution in [0, 0.1) is 0 Å². The maximum absolute atomic E-state index is 6.73. The van der Waals surface area contributed by atoms with Crippen LogP contribution in [-0.4, -0.2) is 0 Å². The summed E-state index contributed by atoms with van der Waals surface area (Å²) in [6, 6.07) is 99.1. The number of fused-ring (bicyclic) bond motifs is 21. The third-order valence-corrected chi connectivity index (χ3v) is 17.2. The Balaban J connectivity index is 0.839. The molecule has 1 aromatic heterocycles. The summed E-state index contributed by atoms with van der Waals surface area (Å²) in [5, 5.41) is 2.24. The molecule has 12 aromatic carbocycles. The first kappa shape index (κ1) is 43.1. The number of ether oxygens (including phenoxy) is 2. The van der Waals surface area contributed by atoms with Crippen molar-refractivity contribution in [1.29, 1.82) is 0 Å². The Bertz CT molecular complexity index is 4550. The Morgan fingerprint density at radius 2 is 0.654 bits per heavy atom. The van der Waals surface area contributed by atoms with E-state index >= 15 is 0 Å². The van der Waals surface area contributed by atoms with Gasteiger partial charge in [0.2, 0.25) is 0 Å². The Labute approximate surface area is 451 Å². The maximum atomic E-state index is 6.73. The van der Waals surface area contributed by atoms with E-state index in [-0.39, 0.29) is 0 Å². The van der Waals surface area contributed by atoms with Crippen molar-refractivity contribution in [2.24, 2.45) is 0 Å². The third kappa shape index (κ3) is 5.78. The second kappa shape index (κ2) is 16.2. The number of nitrogens with zero attached hydrogens (tertiary/aromatic N) is 1. The van der Waals surface area contributed by atoms with Crippen LogP contribution in [0.25, 0.3) is 66.4 Å². The molecule has 4 nitrogen and oxygen atoms in total. The van der Waals surface area contributed by atoms with E-state index in [1.807, 2.05) is 12.1 Å². The predicted molar refractivity (Wildman–Crippen MR) is 314 cm³/mol. The summed E-state index contributed by atoms with van der Waals surface area (Å²) in [5.41, 5.74) is 22.7. The molecule has 4 heteroatoms. The van der Waals surface area contributed by atoms with Crippen LogP contribution >= 0.6 is 0 Å². The van der Waals surface area contributed by atoms with Crippen LogP contribution in [0.1, 0.15) is 44.5 Å². The highest BCUT2D eigenvalue weighted by Gasteiger charge is 2.52. The van der Waals surface area contributed by atoms with Crippen molar-refractivity contribution >= 4 is 39.0 Å². The van der Waals surface area contributed by atoms with Crippen LogP contribution < -0.4 is 14.4 Å². The Morgan fingerprint density at radius 3 is 1.22 bits per heavy atom. The average Bonchev–Trinajstić information content (AvgIpc) is 3.13. The molecule has 13 aromatic rings. The summed E-state index contributed by atoms with van der Waals surface area (Å²) in [6.45, 7) is 0. The van der Waals surface area contributed by atoms with E-state index in [1.165, 1.54) is 44.5 Å². The van der Waals surface area contributed by atoms with Gasteiger partial charge in [-0.2, -0.15) is 0 Å². The summed E-state index contributed by atoms with van der Waals surface area (Å²) in [7, 11) is 0. The normalized spacial score (nSPS) is 14.1. The van der Waals surface area contributed by atoms with Crippen molar-refractivity contribution in [2.75, 3.05) is 4.90 Å². The van der Waals surface area contributed by atoms with E-state index in [9.17, 15) is 0 Å². The average molecular weight is 996 g/mol. The lowest BCUT2D eigenvalue weighted by molar-refractivity contribution is 0.436. The molecule has 3 heterocycles. The molecule has 17 rings (SSSR count). The molecule has 0 saturated carbocycles. The monoisotopic (exact) mass is 995 g/mol. The summed E-state index contributed by atoms with van der Waals surface area (Å²) in [5.74, 6) is 3.52. The van der Waals surface area contributed by atoms with Gasteiger partial charge in [0, 0.05) is 55.7 Å². The highest BCUT2D eigenvalue weighted by atomic mass is 16.5. The highest BCUT2D eigenvalue weighted by Crippen LogP contribution is 2.64. The number of rotatable bonds is 5. The van der Waals surface area contributed by atoms with Gasteiger partial charge in [-0.1, -0.05) is 200 Å². The van der Waals surface area contributed by atoms with Crippen molar-refractivity contribution in [1.82, 2.24) is 0 Å². The standard InChI is InChI=1S/C74H45NO3/c1-4-21-59-53(16-1)55-42-36-48(44-65(55)73(59)61-23-6-11-28-68(61)76-69-29-12-7-24-62(69)73)46-32-37-49(38-33-46)75(50-39-34-47(35-40-50)52-19-15-20-58-57-18-3-10-27-67(57)78-72(52)58)51-41-43-56-54-17-2-5-22-60(54)74(66(56)45-51)63-25-8-13-30-70(63)77-71-31-14-9-26-64(71)74/h1-45H. The molecule has 2 aliphatic heterocycles. The van der Waals surface area contributed by atoms with Gasteiger partial charge in [0.15, 0.2) is 0 Å². The summed E-state index contributed by atoms with van der Waals surface area (Å²) < 4.78 is 20.0. The van der Waals surface area contributed by atoms with E-state index in [0.717, 1.165) is 107 Å². The summed E-state index contributed by atoms with van der Waals surface area (Å²) in [4.78, 5) is 2.41. The molecule has 2 aliphatic carbocycles. The highest BCUT2D eigenvalue weighted by molar-refractivity contribution is 6.09.